The summed E-state index contributed by atoms with van der Waals surface area (Å²) in [6.07, 6.45) is 4.20. The molecule has 0 atom stereocenters. The average Bonchev–Trinajstić information content (AvgIpc) is 3.26. The molecule has 6 heteroatoms. The third-order valence-corrected chi connectivity index (χ3v) is 5.02. The lowest BCUT2D eigenvalue weighted by Gasteiger charge is -2.21. The van der Waals surface area contributed by atoms with Crippen molar-refractivity contribution in [1.82, 2.24) is 5.32 Å². The lowest BCUT2D eigenvalue weighted by atomic mass is 10.2. The second-order valence-corrected chi connectivity index (χ2v) is 7.05. The number of benzene rings is 2. The molecular weight excluding hydrogens is 348 g/mol. The molecule has 2 aliphatic rings. The highest BCUT2D eigenvalue weighted by Crippen LogP contribution is 2.47. The zero-order valence-electron chi connectivity index (χ0n) is 14.7. The summed E-state index contributed by atoms with van der Waals surface area (Å²) in [7, 11) is 1.66. The van der Waals surface area contributed by atoms with Gasteiger partial charge in [-0.05, 0) is 54.9 Å². The molecule has 1 heterocycles. The van der Waals surface area contributed by atoms with Crippen LogP contribution in [-0.4, -0.2) is 18.0 Å². The van der Waals surface area contributed by atoms with E-state index in [9.17, 15) is 0 Å². The fourth-order valence-electron chi connectivity index (χ4n) is 3.39. The quantitative estimate of drug-likeness (QED) is 0.786. The summed E-state index contributed by atoms with van der Waals surface area (Å²) in [5.41, 5.74) is 2.01. The molecule has 0 saturated heterocycles. The third-order valence-electron chi connectivity index (χ3n) is 4.77. The van der Waals surface area contributed by atoms with Crippen LogP contribution in [0.5, 0.6) is 17.2 Å². The summed E-state index contributed by atoms with van der Waals surface area (Å²) in [5.74, 6) is 2.01. The van der Waals surface area contributed by atoms with E-state index in [1.165, 1.54) is 0 Å². The lowest BCUT2D eigenvalue weighted by Crippen LogP contribution is -2.34. The Morgan fingerprint density at radius 3 is 2.54 bits per heavy atom. The highest BCUT2D eigenvalue weighted by atomic mass is 32.1. The smallest absolute Gasteiger partial charge is 0.251 e. The minimum absolute atomic E-state index is 0.436. The normalized spacial score (nSPS) is 16.5. The molecule has 1 saturated carbocycles. The minimum atomic E-state index is -0.436. The molecule has 1 fully saturated rings. The fourth-order valence-corrected chi connectivity index (χ4v) is 3.58. The van der Waals surface area contributed by atoms with Crippen molar-refractivity contribution in [2.75, 3.05) is 12.4 Å². The summed E-state index contributed by atoms with van der Waals surface area (Å²) < 4.78 is 17.3. The molecule has 0 bridgehead atoms. The van der Waals surface area contributed by atoms with E-state index < -0.39 is 5.79 Å². The summed E-state index contributed by atoms with van der Waals surface area (Å²) in [6, 6.07) is 13.7. The van der Waals surface area contributed by atoms with E-state index in [1.807, 2.05) is 42.5 Å². The van der Waals surface area contributed by atoms with Gasteiger partial charge < -0.3 is 24.8 Å². The number of hydrogen-bond donors (Lipinski definition) is 2. The lowest BCUT2D eigenvalue weighted by molar-refractivity contribution is -0.0716. The molecular formula is C20H22N2O3S. The zero-order chi connectivity index (χ0) is 18.0. The Hall–Kier alpha value is -2.47. The highest BCUT2D eigenvalue weighted by molar-refractivity contribution is 7.80. The Morgan fingerprint density at radius 2 is 1.81 bits per heavy atom. The predicted molar refractivity (Wildman–Crippen MR) is 105 cm³/mol. The SMILES string of the molecule is COc1ccc(CNC(=S)Nc2ccc3c(c2)OC2(CCCC2)O3)cc1. The summed E-state index contributed by atoms with van der Waals surface area (Å²) in [4.78, 5) is 0. The molecule has 4 rings (SSSR count). The molecule has 0 aromatic heterocycles. The average molecular weight is 370 g/mol. The van der Waals surface area contributed by atoms with Crippen molar-refractivity contribution < 1.29 is 14.2 Å². The molecule has 136 valence electrons. The maximum atomic E-state index is 6.09. The number of fused-ring (bicyclic) bond motifs is 1. The van der Waals surface area contributed by atoms with Gasteiger partial charge in [0.1, 0.15) is 5.75 Å². The van der Waals surface area contributed by atoms with Crippen molar-refractivity contribution in [2.45, 2.75) is 38.0 Å². The number of rotatable bonds is 4. The van der Waals surface area contributed by atoms with E-state index in [4.69, 9.17) is 26.4 Å². The van der Waals surface area contributed by atoms with Gasteiger partial charge in [-0.25, -0.2) is 0 Å². The summed E-state index contributed by atoms with van der Waals surface area (Å²) >= 11 is 5.39. The minimum Gasteiger partial charge on any atom is -0.497 e. The van der Waals surface area contributed by atoms with Gasteiger partial charge in [-0.3, -0.25) is 0 Å². The van der Waals surface area contributed by atoms with E-state index in [0.717, 1.165) is 54.2 Å². The first kappa shape index (κ1) is 17.0. The Morgan fingerprint density at radius 1 is 1.08 bits per heavy atom. The van der Waals surface area contributed by atoms with Crippen LogP contribution in [0, 0.1) is 0 Å². The molecule has 2 N–H and O–H groups in total. The molecule has 26 heavy (non-hydrogen) atoms. The van der Waals surface area contributed by atoms with Crippen LogP contribution in [0.15, 0.2) is 42.5 Å². The molecule has 0 unspecified atom stereocenters. The van der Waals surface area contributed by atoms with Gasteiger partial charge in [-0.15, -0.1) is 0 Å². The van der Waals surface area contributed by atoms with Crippen molar-refractivity contribution >= 4 is 23.0 Å². The van der Waals surface area contributed by atoms with Crippen molar-refractivity contribution in [3.63, 3.8) is 0 Å². The molecule has 1 aliphatic heterocycles. The van der Waals surface area contributed by atoms with E-state index in [2.05, 4.69) is 10.6 Å². The summed E-state index contributed by atoms with van der Waals surface area (Å²) in [6.45, 7) is 0.642. The molecule has 1 spiro atoms. The van der Waals surface area contributed by atoms with Gasteiger partial charge in [-0.2, -0.15) is 0 Å². The molecule has 2 aromatic carbocycles. The topological polar surface area (TPSA) is 51.8 Å². The van der Waals surface area contributed by atoms with Gasteiger partial charge in [0.2, 0.25) is 0 Å². The molecule has 0 amide bonds. The number of nitrogens with one attached hydrogen (secondary N) is 2. The van der Waals surface area contributed by atoms with E-state index >= 15 is 0 Å². The number of thiocarbonyl (C=S) groups is 1. The molecule has 1 aliphatic carbocycles. The van der Waals surface area contributed by atoms with Crippen molar-refractivity contribution in [3.8, 4) is 17.2 Å². The Bertz CT molecular complexity index is 801. The summed E-state index contributed by atoms with van der Waals surface area (Å²) in [5, 5.41) is 6.98. The number of methoxy groups -OCH3 is 1. The maximum Gasteiger partial charge on any atom is 0.251 e. The van der Waals surface area contributed by atoms with E-state index in [1.54, 1.807) is 7.11 Å². The van der Waals surface area contributed by atoms with Crippen molar-refractivity contribution in [1.29, 1.82) is 0 Å². The van der Waals surface area contributed by atoms with Crippen LogP contribution in [0.2, 0.25) is 0 Å². The molecule has 0 radical (unpaired) electrons. The Labute approximate surface area is 158 Å². The molecule has 5 nitrogen and oxygen atoms in total. The van der Waals surface area contributed by atoms with Gasteiger partial charge in [0.05, 0.1) is 7.11 Å². The molecule has 2 aromatic rings. The Kier molecular flexibility index (Phi) is 4.59. The second kappa shape index (κ2) is 7.03. The largest absolute Gasteiger partial charge is 0.497 e. The van der Waals surface area contributed by atoms with E-state index in [-0.39, 0.29) is 0 Å². The van der Waals surface area contributed by atoms with Crippen LogP contribution >= 0.6 is 12.2 Å². The van der Waals surface area contributed by atoms with Crippen LogP contribution in [0.4, 0.5) is 5.69 Å². The van der Waals surface area contributed by atoms with Gasteiger partial charge >= 0.3 is 0 Å². The van der Waals surface area contributed by atoms with Gasteiger partial charge in [0.15, 0.2) is 16.6 Å². The van der Waals surface area contributed by atoms with Crippen LogP contribution in [-0.2, 0) is 6.54 Å². The predicted octanol–water partition coefficient (Wildman–Crippen LogP) is 4.22. The number of ether oxygens (including phenoxy) is 3. The van der Waals surface area contributed by atoms with Crippen LogP contribution < -0.4 is 24.8 Å². The first-order valence-corrected chi connectivity index (χ1v) is 9.26. The van der Waals surface area contributed by atoms with Crippen LogP contribution in [0.25, 0.3) is 0 Å². The number of hydrogen-bond acceptors (Lipinski definition) is 4. The van der Waals surface area contributed by atoms with Crippen molar-refractivity contribution in [3.05, 3.63) is 48.0 Å². The highest BCUT2D eigenvalue weighted by Gasteiger charge is 2.44. The third kappa shape index (κ3) is 3.55. The van der Waals surface area contributed by atoms with E-state index in [0.29, 0.717) is 11.7 Å². The Balaban J connectivity index is 1.33. The number of anilines is 1. The first-order valence-electron chi connectivity index (χ1n) is 8.86. The van der Waals surface area contributed by atoms with Gasteiger partial charge in [0.25, 0.3) is 5.79 Å². The zero-order valence-corrected chi connectivity index (χ0v) is 15.5. The van der Waals surface area contributed by atoms with Crippen LogP contribution in [0.1, 0.15) is 31.2 Å². The first-order chi connectivity index (χ1) is 12.7. The van der Waals surface area contributed by atoms with Gasteiger partial charge in [-0.1, -0.05) is 12.1 Å². The van der Waals surface area contributed by atoms with Gasteiger partial charge in [0, 0.05) is 31.1 Å². The second-order valence-electron chi connectivity index (χ2n) is 6.64. The van der Waals surface area contributed by atoms with Crippen LogP contribution in [0.3, 0.4) is 0 Å². The standard InChI is InChI=1S/C20H22N2O3S/c1-23-16-7-4-14(5-8-16)13-21-19(26)22-15-6-9-17-18(12-15)25-20(24-17)10-2-3-11-20/h4-9,12H,2-3,10-11,13H2,1H3,(H2,21,22,26). The fraction of sp³-hybridized carbons (Fsp3) is 0.350. The monoisotopic (exact) mass is 370 g/mol. The maximum absolute atomic E-state index is 6.09. The van der Waals surface area contributed by atoms with Crippen molar-refractivity contribution in [2.24, 2.45) is 0 Å².